The van der Waals surface area contributed by atoms with Crippen LogP contribution >= 0.6 is 0 Å². The van der Waals surface area contributed by atoms with E-state index in [1.807, 2.05) is 6.07 Å². The molecule has 0 bridgehead atoms. The lowest BCUT2D eigenvalue weighted by Gasteiger charge is -2.32. The maximum absolute atomic E-state index is 11.5. The highest BCUT2D eigenvalue weighted by Crippen LogP contribution is 2.29. The van der Waals surface area contributed by atoms with Crippen molar-refractivity contribution in [1.29, 1.82) is 0 Å². The summed E-state index contributed by atoms with van der Waals surface area (Å²) in [4.78, 5) is 0. The van der Waals surface area contributed by atoms with Gasteiger partial charge in [-0.15, -0.1) is 0 Å². The molecule has 17 heavy (non-hydrogen) atoms. The van der Waals surface area contributed by atoms with Gasteiger partial charge in [-0.05, 0) is 25.0 Å². The molecular formula is C12H17NO3S. The highest BCUT2D eigenvalue weighted by molar-refractivity contribution is 7.87. The van der Waals surface area contributed by atoms with E-state index in [9.17, 15) is 13.0 Å². The number of benzene rings is 1. The molecule has 0 saturated heterocycles. The first-order valence-corrected chi connectivity index (χ1v) is 7.30. The van der Waals surface area contributed by atoms with Crippen molar-refractivity contribution in [2.75, 3.05) is 4.31 Å². The van der Waals surface area contributed by atoms with Crippen molar-refractivity contribution >= 4 is 16.0 Å². The lowest BCUT2D eigenvalue weighted by molar-refractivity contribution is 0.416. The number of para-hydroxylation sites is 1. The first-order chi connectivity index (χ1) is 8.09. The second-order valence-corrected chi connectivity index (χ2v) is 5.69. The van der Waals surface area contributed by atoms with Gasteiger partial charge in [0.1, 0.15) is 0 Å². The molecule has 0 unspecified atom stereocenters. The lowest BCUT2D eigenvalue weighted by Crippen LogP contribution is -2.41. The SMILES string of the molecule is O=S(=O)(O)N(c1ccccc1)C1CCCCC1. The van der Waals surface area contributed by atoms with E-state index in [0.717, 1.165) is 36.4 Å². The minimum Gasteiger partial charge on any atom is -0.269 e. The van der Waals surface area contributed by atoms with Crippen molar-refractivity contribution < 1.29 is 13.0 Å². The van der Waals surface area contributed by atoms with Crippen molar-refractivity contribution in [1.82, 2.24) is 0 Å². The third-order valence-corrected chi connectivity index (χ3v) is 4.17. The molecule has 1 aliphatic carbocycles. The largest absolute Gasteiger partial charge is 0.360 e. The lowest BCUT2D eigenvalue weighted by atomic mass is 9.95. The van der Waals surface area contributed by atoms with E-state index in [-0.39, 0.29) is 6.04 Å². The van der Waals surface area contributed by atoms with Gasteiger partial charge in [0.25, 0.3) is 0 Å². The zero-order chi connectivity index (χ0) is 12.3. The van der Waals surface area contributed by atoms with Crippen LogP contribution in [0.15, 0.2) is 30.3 Å². The predicted octanol–water partition coefficient (Wildman–Crippen LogP) is 2.63. The average molecular weight is 255 g/mol. The highest BCUT2D eigenvalue weighted by atomic mass is 32.2. The third-order valence-electron chi connectivity index (χ3n) is 3.17. The van der Waals surface area contributed by atoms with E-state index >= 15 is 0 Å². The molecular weight excluding hydrogens is 238 g/mol. The summed E-state index contributed by atoms with van der Waals surface area (Å²) < 4.78 is 33.6. The van der Waals surface area contributed by atoms with Gasteiger partial charge < -0.3 is 0 Å². The van der Waals surface area contributed by atoms with Crippen LogP contribution in [-0.4, -0.2) is 19.0 Å². The molecule has 0 heterocycles. The topological polar surface area (TPSA) is 57.6 Å². The molecule has 0 amide bonds. The quantitative estimate of drug-likeness (QED) is 0.845. The standard InChI is InChI=1S/C12H17NO3S/c14-17(15,16)13(11-7-3-1-4-8-11)12-9-5-2-6-10-12/h1,3-4,7-8,12H,2,5-6,9-10H2,(H,14,15,16). The van der Waals surface area contributed by atoms with Crippen LogP contribution in [0, 0.1) is 0 Å². The molecule has 5 heteroatoms. The van der Waals surface area contributed by atoms with Gasteiger partial charge in [-0.25, -0.2) is 4.31 Å². The molecule has 0 aromatic heterocycles. The van der Waals surface area contributed by atoms with Crippen molar-refractivity contribution in [3.63, 3.8) is 0 Å². The second kappa shape index (κ2) is 5.06. The first-order valence-electron chi connectivity index (χ1n) is 5.91. The summed E-state index contributed by atoms with van der Waals surface area (Å²) in [7, 11) is -4.18. The van der Waals surface area contributed by atoms with Crippen molar-refractivity contribution in [2.45, 2.75) is 38.1 Å². The fourth-order valence-electron chi connectivity index (χ4n) is 2.42. The highest BCUT2D eigenvalue weighted by Gasteiger charge is 2.29. The molecule has 1 fully saturated rings. The van der Waals surface area contributed by atoms with Gasteiger partial charge in [0.15, 0.2) is 0 Å². The van der Waals surface area contributed by atoms with E-state index in [4.69, 9.17) is 0 Å². The first kappa shape index (κ1) is 12.4. The van der Waals surface area contributed by atoms with Gasteiger partial charge in [-0.2, -0.15) is 8.42 Å². The second-order valence-electron chi connectivity index (χ2n) is 4.40. The number of hydrogen-bond donors (Lipinski definition) is 1. The molecule has 0 radical (unpaired) electrons. The summed E-state index contributed by atoms with van der Waals surface area (Å²) in [5.41, 5.74) is 0.543. The Balaban J connectivity index is 2.32. The average Bonchev–Trinajstić information content (AvgIpc) is 2.30. The zero-order valence-corrected chi connectivity index (χ0v) is 10.4. The summed E-state index contributed by atoms with van der Waals surface area (Å²) in [6.45, 7) is 0. The zero-order valence-electron chi connectivity index (χ0n) is 9.62. The molecule has 1 aromatic rings. The molecule has 2 rings (SSSR count). The molecule has 4 nitrogen and oxygen atoms in total. The Morgan fingerprint density at radius 1 is 1.06 bits per heavy atom. The minimum absolute atomic E-state index is 0.110. The predicted molar refractivity (Wildman–Crippen MR) is 67.3 cm³/mol. The molecule has 1 saturated carbocycles. The summed E-state index contributed by atoms with van der Waals surface area (Å²) in [5, 5.41) is 0. The van der Waals surface area contributed by atoms with Gasteiger partial charge in [-0.1, -0.05) is 37.5 Å². The molecule has 1 aromatic carbocycles. The molecule has 0 aliphatic heterocycles. The number of anilines is 1. The van der Waals surface area contributed by atoms with Crippen LogP contribution in [-0.2, 0) is 10.3 Å². The molecule has 0 atom stereocenters. The van der Waals surface area contributed by atoms with Gasteiger partial charge >= 0.3 is 10.3 Å². The minimum atomic E-state index is -4.18. The Morgan fingerprint density at radius 2 is 1.65 bits per heavy atom. The van der Waals surface area contributed by atoms with Crippen LogP contribution < -0.4 is 4.31 Å². The summed E-state index contributed by atoms with van der Waals surface area (Å²) >= 11 is 0. The summed E-state index contributed by atoms with van der Waals surface area (Å²) in [6.07, 6.45) is 4.81. The molecule has 0 spiro atoms. The normalized spacial score (nSPS) is 17.9. The number of nitrogens with zero attached hydrogens (tertiary/aromatic N) is 1. The number of hydrogen-bond acceptors (Lipinski definition) is 2. The van der Waals surface area contributed by atoms with Crippen LogP contribution in [0.25, 0.3) is 0 Å². The molecule has 94 valence electrons. The Hall–Kier alpha value is -1.07. The van der Waals surface area contributed by atoms with E-state index in [1.165, 1.54) is 0 Å². The van der Waals surface area contributed by atoms with E-state index in [0.29, 0.717) is 5.69 Å². The smallest absolute Gasteiger partial charge is 0.269 e. The van der Waals surface area contributed by atoms with Crippen LogP contribution in [0.1, 0.15) is 32.1 Å². The molecule has 1 aliphatic rings. The Morgan fingerprint density at radius 3 is 2.18 bits per heavy atom. The van der Waals surface area contributed by atoms with Crippen molar-refractivity contribution in [3.05, 3.63) is 30.3 Å². The summed E-state index contributed by atoms with van der Waals surface area (Å²) in [6, 6.07) is 8.69. The van der Waals surface area contributed by atoms with Crippen molar-refractivity contribution in [3.8, 4) is 0 Å². The van der Waals surface area contributed by atoms with Crippen molar-refractivity contribution in [2.24, 2.45) is 0 Å². The Bertz CT molecular complexity index is 452. The van der Waals surface area contributed by atoms with Crippen LogP contribution in [0.4, 0.5) is 5.69 Å². The van der Waals surface area contributed by atoms with Gasteiger partial charge in [-0.3, -0.25) is 4.55 Å². The Labute approximate surface area is 102 Å². The van der Waals surface area contributed by atoms with Gasteiger partial charge in [0, 0.05) is 6.04 Å². The fourth-order valence-corrected chi connectivity index (χ4v) is 3.40. The van der Waals surface area contributed by atoms with E-state index in [2.05, 4.69) is 0 Å². The van der Waals surface area contributed by atoms with Gasteiger partial charge in [0.2, 0.25) is 0 Å². The third kappa shape index (κ3) is 2.98. The Kier molecular flexibility index (Phi) is 3.69. The summed E-state index contributed by atoms with van der Waals surface area (Å²) in [5.74, 6) is 0. The van der Waals surface area contributed by atoms with Crippen LogP contribution in [0.5, 0.6) is 0 Å². The maximum atomic E-state index is 11.5. The fraction of sp³-hybridized carbons (Fsp3) is 0.500. The van der Waals surface area contributed by atoms with Crippen LogP contribution in [0.2, 0.25) is 0 Å². The van der Waals surface area contributed by atoms with E-state index < -0.39 is 10.3 Å². The molecule has 1 N–H and O–H groups in total. The van der Waals surface area contributed by atoms with Crippen LogP contribution in [0.3, 0.4) is 0 Å². The maximum Gasteiger partial charge on any atom is 0.360 e. The number of rotatable bonds is 3. The van der Waals surface area contributed by atoms with E-state index in [1.54, 1.807) is 24.3 Å². The van der Waals surface area contributed by atoms with Gasteiger partial charge in [0.05, 0.1) is 5.69 Å². The monoisotopic (exact) mass is 255 g/mol.